The lowest BCUT2D eigenvalue weighted by molar-refractivity contribution is -0.0509. The number of amides is 1. The molecular formula is C21H28FN3O6S. The van der Waals surface area contributed by atoms with Gasteiger partial charge in [-0.3, -0.25) is 0 Å². The Morgan fingerprint density at radius 1 is 1.28 bits per heavy atom. The minimum atomic E-state index is -3.67. The molecule has 1 fully saturated rings. The summed E-state index contributed by atoms with van der Waals surface area (Å²) in [6.07, 6.45) is 1.29. The maximum atomic E-state index is 14.2. The summed E-state index contributed by atoms with van der Waals surface area (Å²) < 4.78 is 54.0. The maximum absolute atomic E-state index is 14.2. The van der Waals surface area contributed by atoms with Gasteiger partial charge < -0.3 is 18.9 Å². The van der Waals surface area contributed by atoms with Crippen molar-refractivity contribution in [1.29, 1.82) is 0 Å². The summed E-state index contributed by atoms with van der Waals surface area (Å²) >= 11 is 0. The quantitative estimate of drug-likeness (QED) is 0.651. The van der Waals surface area contributed by atoms with Crippen LogP contribution in [0.25, 0.3) is 11.4 Å². The minimum absolute atomic E-state index is 0.0921. The van der Waals surface area contributed by atoms with Gasteiger partial charge in [-0.1, -0.05) is 5.16 Å². The number of halogens is 1. The summed E-state index contributed by atoms with van der Waals surface area (Å²) in [5, 5.41) is 3.85. The van der Waals surface area contributed by atoms with Crippen LogP contribution in [0.1, 0.15) is 52.5 Å². The second kappa shape index (κ2) is 9.14. The Bertz CT molecular complexity index is 1070. The van der Waals surface area contributed by atoms with Crippen molar-refractivity contribution >= 4 is 15.9 Å². The van der Waals surface area contributed by atoms with Gasteiger partial charge in [-0.15, -0.1) is 0 Å². The van der Waals surface area contributed by atoms with E-state index in [0.29, 0.717) is 31.5 Å². The first kappa shape index (κ1) is 24.1. The molecule has 0 N–H and O–H groups in total. The minimum Gasteiger partial charge on any atom is -0.444 e. The number of piperidine rings is 1. The van der Waals surface area contributed by atoms with Gasteiger partial charge in [0.2, 0.25) is 5.82 Å². The molecule has 1 amide bonds. The fourth-order valence-corrected chi connectivity index (χ4v) is 4.03. The highest BCUT2D eigenvalue weighted by atomic mass is 32.2. The molecule has 176 valence electrons. The lowest BCUT2D eigenvalue weighted by Gasteiger charge is -2.34. The van der Waals surface area contributed by atoms with Crippen LogP contribution in [0.2, 0.25) is 0 Å². The van der Waals surface area contributed by atoms with E-state index in [-0.39, 0.29) is 28.8 Å². The van der Waals surface area contributed by atoms with Gasteiger partial charge in [0.25, 0.3) is 5.89 Å². The van der Waals surface area contributed by atoms with Crippen molar-refractivity contribution in [3.05, 3.63) is 29.9 Å². The highest BCUT2D eigenvalue weighted by Gasteiger charge is 2.29. The van der Waals surface area contributed by atoms with Gasteiger partial charge in [-0.25, -0.2) is 17.6 Å². The molecule has 3 rings (SSSR count). The third kappa shape index (κ3) is 6.04. The summed E-state index contributed by atoms with van der Waals surface area (Å²) in [4.78, 5) is 17.7. The van der Waals surface area contributed by atoms with E-state index >= 15 is 0 Å². The molecule has 0 radical (unpaired) electrons. The number of carbonyl (C=O) groups is 1. The van der Waals surface area contributed by atoms with Crippen molar-refractivity contribution in [2.24, 2.45) is 0 Å². The molecule has 2 heterocycles. The number of likely N-dealkylation sites (tertiary alicyclic amines) is 1. The number of hydrogen-bond donors (Lipinski definition) is 0. The van der Waals surface area contributed by atoms with Crippen molar-refractivity contribution in [3.63, 3.8) is 0 Å². The predicted molar refractivity (Wildman–Crippen MR) is 113 cm³/mol. The van der Waals surface area contributed by atoms with E-state index in [2.05, 4.69) is 10.1 Å². The zero-order chi connectivity index (χ0) is 23.7. The van der Waals surface area contributed by atoms with Gasteiger partial charge >= 0.3 is 6.09 Å². The molecule has 1 saturated heterocycles. The predicted octanol–water partition coefficient (Wildman–Crippen LogP) is 3.76. The van der Waals surface area contributed by atoms with Crippen LogP contribution in [-0.4, -0.2) is 60.6 Å². The number of ether oxygens (including phenoxy) is 2. The molecule has 0 spiro atoms. The number of carbonyl (C=O) groups excluding carboxylic acids is 1. The first-order valence-corrected chi connectivity index (χ1v) is 12.2. The van der Waals surface area contributed by atoms with E-state index in [1.54, 1.807) is 11.8 Å². The molecule has 11 heteroatoms. The van der Waals surface area contributed by atoms with Crippen LogP contribution >= 0.6 is 0 Å². The van der Waals surface area contributed by atoms with E-state index in [0.717, 1.165) is 12.3 Å². The zero-order valence-electron chi connectivity index (χ0n) is 18.8. The van der Waals surface area contributed by atoms with Crippen molar-refractivity contribution in [1.82, 2.24) is 15.0 Å². The molecule has 1 aliphatic heterocycles. The number of aromatic nitrogens is 2. The molecule has 1 aromatic carbocycles. The van der Waals surface area contributed by atoms with Crippen molar-refractivity contribution in [2.45, 2.75) is 63.2 Å². The summed E-state index contributed by atoms with van der Waals surface area (Å²) in [6, 6.07) is 3.66. The first-order chi connectivity index (χ1) is 14.8. The Morgan fingerprint density at radius 3 is 2.50 bits per heavy atom. The van der Waals surface area contributed by atoms with Crippen LogP contribution in [0.4, 0.5) is 9.18 Å². The molecule has 1 atom stereocenters. The summed E-state index contributed by atoms with van der Waals surface area (Å²) in [5.41, 5.74) is -0.245. The molecule has 0 unspecified atom stereocenters. The van der Waals surface area contributed by atoms with Crippen LogP contribution in [0.3, 0.4) is 0 Å². The highest BCUT2D eigenvalue weighted by Crippen LogP contribution is 2.27. The lowest BCUT2D eigenvalue weighted by atomic mass is 10.1. The van der Waals surface area contributed by atoms with Crippen LogP contribution in [-0.2, 0) is 19.3 Å². The summed E-state index contributed by atoms with van der Waals surface area (Å²) in [5.74, 6) is -0.520. The van der Waals surface area contributed by atoms with Crippen molar-refractivity contribution in [2.75, 3.05) is 19.3 Å². The average molecular weight is 470 g/mol. The second-order valence-electron chi connectivity index (χ2n) is 8.82. The van der Waals surface area contributed by atoms with E-state index in [1.165, 1.54) is 12.1 Å². The maximum Gasteiger partial charge on any atom is 0.410 e. The molecule has 32 heavy (non-hydrogen) atoms. The lowest BCUT2D eigenvalue weighted by Crippen LogP contribution is -2.43. The molecule has 0 saturated carbocycles. The molecule has 1 aliphatic rings. The Balaban J connectivity index is 1.58. The molecule has 9 nitrogen and oxygen atoms in total. The highest BCUT2D eigenvalue weighted by molar-refractivity contribution is 7.90. The van der Waals surface area contributed by atoms with Crippen LogP contribution in [0, 0.1) is 5.82 Å². The van der Waals surface area contributed by atoms with Gasteiger partial charge in [-0.05, 0) is 58.7 Å². The molecule has 0 bridgehead atoms. The SMILES string of the molecule is C[C@H](OC1CCN(C(=O)OC(C)(C)C)CC1)c1nc(-c2ccc(S(C)(=O)=O)c(F)c2)no1. The number of benzene rings is 1. The van der Waals surface area contributed by atoms with E-state index in [1.807, 2.05) is 20.8 Å². The Morgan fingerprint density at radius 2 is 1.94 bits per heavy atom. The molecular weight excluding hydrogens is 441 g/mol. The average Bonchev–Trinajstić information content (AvgIpc) is 3.16. The van der Waals surface area contributed by atoms with Gasteiger partial charge in [0.05, 0.1) is 6.10 Å². The fourth-order valence-electron chi connectivity index (χ4n) is 3.31. The van der Waals surface area contributed by atoms with Gasteiger partial charge in [0.1, 0.15) is 22.4 Å². The largest absolute Gasteiger partial charge is 0.444 e. The summed E-state index contributed by atoms with van der Waals surface area (Å²) in [7, 11) is -3.67. The van der Waals surface area contributed by atoms with Crippen LogP contribution in [0.15, 0.2) is 27.6 Å². The number of rotatable bonds is 5. The Hall–Kier alpha value is -2.53. The van der Waals surface area contributed by atoms with Crippen LogP contribution < -0.4 is 0 Å². The smallest absolute Gasteiger partial charge is 0.410 e. The molecule has 1 aromatic heterocycles. The van der Waals surface area contributed by atoms with Crippen LogP contribution in [0.5, 0.6) is 0 Å². The second-order valence-corrected chi connectivity index (χ2v) is 10.8. The van der Waals surface area contributed by atoms with E-state index < -0.39 is 27.4 Å². The van der Waals surface area contributed by atoms with Gasteiger partial charge in [0, 0.05) is 24.9 Å². The van der Waals surface area contributed by atoms with Gasteiger partial charge in [0.15, 0.2) is 9.84 Å². The van der Waals surface area contributed by atoms with Crippen molar-refractivity contribution < 1.29 is 31.6 Å². The molecule has 0 aliphatic carbocycles. The number of nitrogens with zero attached hydrogens (tertiary/aromatic N) is 3. The monoisotopic (exact) mass is 469 g/mol. The van der Waals surface area contributed by atoms with E-state index in [4.69, 9.17) is 14.0 Å². The first-order valence-electron chi connectivity index (χ1n) is 10.3. The standard InChI is InChI=1S/C21H28FN3O6S/c1-13(29-15-8-10-25(11-9-15)20(26)30-21(2,3)4)19-23-18(24-31-19)14-6-7-17(16(22)12-14)32(5,27)28/h6-7,12-13,15H,8-11H2,1-5H3/t13-/m0/s1. The van der Waals surface area contributed by atoms with E-state index in [9.17, 15) is 17.6 Å². The topological polar surface area (TPSA) is 112 Å². The zero-order valence-corrected chi connectivity index (χ0v) is 19.6. The Kier molecular flexibility index (Phi) is 6.89. The third-order valence-electron chi connectivity index (χ3n) is 4.87. The third-order valence-corrected chi connectivity index (χ3v) is 6.00. The number of sulfone groups is 1. The van der Waals surface area contributed by atoms with Gasteiger partial charge in [-0.2, -0.15) is 4.98 Å². The van der Waals surface area contributed by atoms with Crippen molar-refractivity contribution in [3.8, 4) is 11.4 Å². The normalized spacial score (nSPS) is 16.8. The number of hydrogen-bond acceptors (Lipinski definition) is 8. The molecule has 2 aromatic rings. The Labute approximate surface area is 186 Å². The summed E-state index contributed by atoms with van der Waals surface area (Å²) in [6.45, 7) is 8.30. The fraction of sp³-hybridized carbons (Fsp3) is 0.571.